The van der Waals surface area contributed by atoms with Crippen molar-refractivity contribution in [1.29, 1.82) is 0 Å². The Morgan fingerprint density at radius 1 is 1.35 bits per heavy atom. The predicted molar refractivity (Wildman–Crippen MR) is 78.7 cm³/mol. The van der Waals surface area contributed by atoms with E-state index in [1.807, 2.05) is 23.1 Å². The first-order valence-corrected chi connectivity index (χ1v) is 8.08. The fourth-order valence-electron chi connectivity index (χ4n) is 2.48. The number of nitrogens with zero attached hydrogens (tertiary/aromatic N) is 1. The van der Waals surface area contributed by atoms with Gasteiger partial charge in [-0.3, -0.25) is 0 Å². The molecule has 2 heterocycles. The van der Waals surface area contributed by atoms with Crippen LogP contribution in [-0.4, -0.2) is 24.7 Å². The lowest BCUT2D eigenvalue weighted by Gasteiger charge is -2.13. The molecule has 0 saturated heterocycles. The molecule has 0 atom stereocenters. The van der Waals surface area contributed by atoms with Crippen molar-refractivity contribution < 1.29 is 0 Å². The van der Waals surface area contributed by atoms with Crippen LogP contribution in [0, 0.1) is 0 Å². The molecular weight excluding hydrogens is 270 g/mol. The highest BCUT2D eigenvalue weighted by Crippen LogP contribution is 2.42. The minimum absolute atomic E-state index is 0.930. The lowest BCUT2D eigenvalue weighted by molar-refractivity contribution is 0.335. The van der Waals surface area contributed by atoms with E-state index < -0.39 is 0 Å². The molecule has 0 aliphatic carbocycles. The number of rotatable bonds is 1. The minimum atomic E-state index is 0.930. The summed E-state index contributed by atoms with van der Waals surface area (Å²) in [5, 5.41) is 2.36. The van der Waals surface area contributed by atoms with Gasteiger partial charge in [-0.25, -0.2) is 0 Å². The number of halogens is 1. The Labute approximate surface area is 115 Å². The molecule has 0 fully saturated rings. The average molecular weight is 284 g/mol. The van der Waals surface area contributed by atoms with Crippen LogP contribution < -0.4 is 0 Å². The Morgan fingerprint density at radius 2 is 2.18 bits per heavy atom. The number of thioether (sulfide) groups is 1. The van der Waals surface area contributed by atoms with E-state index >= 15 is 0 Å². The average Bonchev–Trinajstić information content (AvgIpc) is 2.56. The van der Waals surface area contributed by atoms with Crippen molar-refractivity contribution in [3.63, 3.8) is 0 Å². The molecule has 1 aliphatic rings. The van der Waals surface area contributed by atoms with Crippen LogP contribution in [-0.2, 0) is 13.0 Å². The standard InChI is InChI=1S/C13H14ClNS2/c1-15-6-5-8-10(14)3-4-11-12(8)9(7-15)13(16-2)17-11/h3-4H,5-7H2,1-2H3. The summed E-state index contributed by atoms with van der Waals surface area (Å²) in [5.41, 5.74) is 2.83. The van der Waals surface area contributed by atoms with Crippen LogP contribution in [0.25, 0.3) is 10.1 Å². The second kappa shape index (κ2) is 4.47. The van der Waals surface area contributed by atoms with Crippen molar-refractivity contribution in [3.8, 4) is 0 Å². The van der Waals surface area contributed by atoms with E-state index in [0.29, 0.717) is 0 Å². The molecule has 1 aromatic carbocycles. The summed E-state index contributed by atoms with van der Waals surface area (Å²) in [4.78, 5) is 2.39. The van der Waals surface area contributed by atoms with Gasteiger partial charge in [0.25, 0.3) is 0 Å². The molecule has 1 nitrogen and oxygen atoms in total. The number of likely N-dealkylation sites (N-methyl/N-ethyl adjacent to an activating group) is 1. The van der Waals surface area contributed by atoms with E-state index in [1.54, 1.807) is 0 Å². The molecule has 1 aliphatic heterocycles. The molecule has 0 amide bonds. The fourth-order valence-corrected chi connectivity index (χ4v) is 4.73. The van der Waals surface area contributed by atoms with Gasteiger partial charge in [0.05, 0.1) is 4.21 Å². The summed E-state index contributed by atoms with van der Waals surface area (Å²) in [6.07, 6.45) is 3.22. The van der Waals surface area contributed by atoms with Crippen LogP contribution in [0.5, 0.6) is 0 Å². The highest BCUT2D eigenvalue weighted by Gasteiger charge is 2.21. The first-order valence-electron chi connectivity index (χ1n) is 5.66. The lowest BCUT2D eigenvalue weighted by Crippen LogP contribution is -2.18. The van der Waals surface area contributed by atoms with Gasteiger partial charge < -0.3 is 4.90 Å². The van der Waals surface area contributed by atoms with Crippen molar-refractivity contribution in [1.82, 2.24) is 4.90 Å². The second-order valence-corrected chi connectivity index (χ2v) is 6.99. The Bertz CT molecular complexity index is 576. The summed E-state index contributed by atoms with van der Waals surface area (Å²) in [6.45, 7) is 2.13. The molecule has 2 aromatic rings. The van der Waals surface area contributed by atoms with Crippen LogP contribution in [0.3, 0.4) is 0 Å². The zero-order valence-corrected chi connectivity index (χ0v) is 12.3. The van der Waals surface area contributed by atoms with Crippen molar-refractivity contribution in [3.05, 3.63) is 28.3 Å². The van der Waals surface area contributed by atoms with Gasteiger partial charge in [-0.15, -0.1) is 23.1 Å². The third-order valence-electron chi connectivity index (χ3n) is 3.33. The molecule has 0 bridgehead atoms. The largest absolute Gasteiger partial charge is 0.302 e. The van der Waals surface area contributed by atoms with Crippen molar-refractivity contribution in [2.45, 2.75) is 17.2 Å². The minimum Gasteiger partial charge on any atom is -0.302 e. The monoisotopic (exact) mass is 283 g/mol. The molecule has 4 heteroatoms. The summed E-state index contributed by atoms with van der Waals surface area (Å²) in [7, 11) is 2.19. The SMILES string of the molecule is CSc1sc2ccc(Cl)c3c2c1CN(C)CC3. The lowest BCUT2D eigenvalue weighted by atomic mass is 10.1. The van der Waals surface area contributed by atoms with Gasteiger partial charge in [0.1, 0.15) is 0 Å². The summed E-state index contributed by atoms with van der Waals surface area (Å²) in [5.74, 6) is 0. The normalized spacial score (nSPS) is 16.4. The maximum absolute atomic E-state index is 6.36. The Morgan fingerprint density at radius 3 is 2.94 bits per heavy atom. The van der Waals surface area contributed by atoms with E-state index in [4.69, 9.17) is 11.6 Å². The van der Waals surface area contributed by atoms with Gasteiger partial charge in [0.15, 0.2) is 0 Å². The van der Waals surface area contributed by atoms with Crippen LogP contribution in [0.1, 0.15) is 11.1 Å². The topological polar surface area (TPSA) is 3.24 Å². The summed E-state index contributed by atoms with van der Waals surface area (Å²) >= 11 is 10.1. The van der Waals surface area contributed by atoms with Gasteiger partial charge in [-0.1, -0.05) is 11.6 Å². The maximum atomic E-state index is 6.36. The summed E-state index contributed by atoms with van der Waals surface area (Å²) in [6, 6.07) is 4.22. The van der Waals surface area contributed by atoms with Crippen molar-refractivity contribution >= 4 is 44.8 Å². The van der Waals surface area contributed by atoms with E-state index in [1.165, 1.54) is 25.4 Å². The van der Waals surface area contributed by atoms with Gasteiger partial charge >= 0.3 is 0 Å². The Hall–Kier alpha value is -0.220. The van der Waals surface area contributed by atoms with Crippen LogP contribution in [0.4, 0.5) is 0 Å². The smallest absolute Gasteiger partial charge is 0.0653 e. The Kier molecular flexibility index (Phi) is 3.11. The predicted octanol–water partition coefficient (Wildman–Crippen LogP) is 4.26. The van der Waals surface area contributed by atoms with Crippen molar-refractivity contribution in [2.24, 2.45) is 0 Å². The highest BCUT2D eigenvalue weighted by molar-refractivity contribution is 8.00. The molecule has 0 unspecified atom stereocenters. The molecule has 0 N–H and O–H groups in total. The zero-order valence-electron chi connectivity index (χ0n) is 9.92. The van der Waals surface area contributed by atoms with E-state index in [9.17, 15) is 0 Å². The molecule has 1 aromatic heterocycles. The molecule has 0 spiro atoms. The quantitative estimate of drug-likeness (QED) is 0.719. The first-order chi connectivity index (χ1) is 8.20. The molecule has 90 valence electrons. The highest BCUT2D eigenvalue weighted by atomic mass is 35.5. The van der Waals surface area contributed by atoms with Crippen LogP contribution in [0.2, 0.25) is 5.02 Å². The number of thiophene rings is 1. The third kappa shape index (κ3) is 1.89. The Balaban J connectivity index is 2.35. The van der Waals surface area contributed by atoms with Gasteiger partial charge in [0, 0.05) is 28.2 Å². The zero-order chi connectivity index (χ0) is 12.0. The third-order valence-corrected chi connectivity index (χ3v) is 6.04. The molecule has 17 heavy (non-hydrogen) atoms. The molecular formula is C13H14ClNS2. The second-order valence-electron chi connectivity index (χ2n) is 4.46. The number of hydrogen-bond acceptors (Lipinski definition) is 3. The van der Waals surface area contributed by atoms with E-state index in [2.05, 4.69) is 30.3 Å². The van der Waals surface area contributed by atoms with Crippen molar-refractivity contribution in [2.75, 3.05) is 19.8 Å². The van der Waals surface area contributed by atoms with Gasteiger partial charge in [0.2, 0.25) is 0 Å². The number of hydrogen-bond donors (Lipinski definition) is 0. The van der Waals surface area contributed by atoms with E-state index in [-0.39, 0.29) is 0 Å². The molecule has 3 rings (SSSR count). The molecule has 0 radical (unpaired) electrons. The van der Waals surface area contributed by atoms with E-state index in [0.717, 1.165) is 24.5 Å². The fraction of sp³-hybridized carbons (Fsp3) is 0.385. The molecule has 0 saturated carbocycles. The maximum Gasteiger partial charge on any atom is 0.0653 e. The summed E-state index contributed by atoms with van der Waals surface area (Å²) < 4.78 is 2.83. The van der Waals surface area contributed by atoms with Crippen LogP contribution in [0.15, 0.2) is 16.3 Å². The number of benzene rings is 1. The van der Waals surface area contributed by atoms with Gasteiger partial charge in [-0.05, 0) is 43.0 Å². The first kappa shape index (κ1) is 11.8. The van der Waals surface area contributed by atoms with Gasteiger partial charge in [-0.2, -0.15) is 0 Å². The van der Waals surface area contributed by atoms with Crippen LogP contribution >= 0.6 is 34.7 Å².